The average molecular weight is 498 g/mol. The molecular weight excluding hydrogens is 467 g/mol. The summed E-state index contributed by atoms with van der Waals surface area (Å²) < 4.78 is 57.3. The Morgan fingerprint density at radius 3 is 2.29 bits per heavy atom. The second kappa shape index (κ2) is 10.9. The number of alkyl halides is 2. The highest BCUT2D eigenvalue weighted by atomic mass is 35.5. The fourth-order valence-corrected chi connectivity index (χ4v) is 4.33. The molecule has 3 rings (SSSR count). The minimum atomic E-state index is -2.63. The molecule has 8 heteroatoms. The molecule has 4 nitrogen and oxygen atoms in total. The molecule has 1 atom stereocenters. The number of benzene rings is 2. The van der Waals surface area contributed by atoms with Crippen LogP contribution in [-0.4, -0.2) is 50.8 Å². The normalized spacial score (nSPS) is 16.0. The number of hydrogen-bond donors (Lipinski definition) is 0. The molecule has 0 radical (unpaired) electrons. The fraction of sp³-hybridized carbons (Fsp3) is 0.462. The summed E-state index contributed by atoms with van der Waals surface area (Å²) in [6.07, 6.45) is 0.658. The second-order valence-electron chi connectivity index (χ2n) is 8.79. The van der Waals surface area contributed by atoms with Crippen molar-refractivity contribution < 1.29 is 27.4 Å². The van der Waals surface area contributed by atoms with Gasteiger partial charge < -0.3 is 14.2 Å². The number of ether oxygens (including phenoxy) is 3. The molecule has 2 aromatic rings. The first kappa shape index (κ1) is 26.2. The summed E-state index contributed by atoms with van der Waals surface area (Å²) in [6.45, 7) is 10.1. The highest BCUT2D eigenvalue weighted by molar-refractivity contribution is 6.33. The summed E-state index contributed by atoms with van der Waals surface area (Å²) in [5.41, 5.74) is 3.19. The largest absolute Gasteiger partial charge is 0.491 e. The Hall–Kier alpha value is -2.38. The molecule has 34 heavy (non-hydrogen) atoms. The van der Waals surface area contributed by atoms with E-state index in [-0.39, 0.29) is 31.4 Å². The molecule has 2 aromatic carbocycles. The van der Waals surface area contributed by atoms with Crippen molar-refractivity contribution >= 4 is 17.2 Å². The van der Waals surface area contributed by atoms with Crippen molar-refractivity contribution in [1.29, 1.82) is 0 Å². The van der Waals surface area contributed by atoms with Crippen molar-refractivity contribution in [3.05, 3.63) is 58.4 Å². The standard InChI is InChI=1S/C26H31ClF3NO3/c1-16(2)21-18(4)22(27)24(32-5)25(23(21)34-13-11-31-14-26(29,30)15-31)33-12-10-17(3)19-6-8-20(28)9-7-19/h6-9,17H,1,10-15H2,2-5H3. The Balaban J connectivity index is 1.79. The molecule has 1 fully saturated rings. The molecule has 1 saturated heterocycles. The van der Waals surface area contributed by atoms with Gasteiger partial charge in [-0.2, -0.15) is 0 Å². The maximum atomic E-state index is 13.2. The van der Waals surface area contributed by atoms with E-state index in [1.54, 1.807) is 17.0 Å². The van der Waals surface area contributed by atoms with E-state index in [9.17, 15) is 13.2 Å². The number of hydrogen-bond acceptors (Lipinski definition) is 4. The van der Waals surface area contributed by atoms with Gasteiger partial charge in [0, 0.05) is 12.1 Å². The first-order chi connectivity index (χ1) is 16.0. The van der Waals surface area contributed by atoms with Gasteiger partial charge in [-0.15, -0.1) is 0 Å². The maximum absolute atomic E-state index is 13.2. The van der Waals surface area contributed by atoms with Crippen LogP contribution in [0.4, 0.5) is 13.2 Å². The van der Waals surface area contributed by atoms with E-state index < -0.39 is 5.92 Å². The predicted octanol–water partition coefficient (Wildman–Crippen LogP) is 6.73. The lowest BCUT2D eigenvalue weighted by Crippen LogP contribution is -2.57. The Labute approximate surface area is 204 Å². The van der Waals surface area contributed by atoms with Gasteiger partial charge in [-0.25, -0.2) is 13.2 Å². The van der Waals surface area contributed by atoms with E-state index in [1.165, 1.54) is 19.2 Å². The van der Waals surface area contributed by atoms with Gasteiger partial charge in [-0.3, -0.25) is 4.90 Å². The Morgan fingerprint density at radius 2 is 1.74 bits per heavy atom. The van der Waals surface area contributed by atoms with Gasteiger partial charge >= 0.3 is 0 Å². The van der Waals surface area contributed by atoms with E-state index in [1.807, 2.05) is 20.8 Å². The smallest absolute Gasteiger partial charge is 0.272 e. The number of nitrogens with zero attached hydrogens (tertiary/aromatic N) is 1. The van der Waals surface area contributed by atoms with Crippen LogP contribution in [0.2, 0.25) is 5.02 Å². The highest BCUT2D eigenvalue weighted by Crippen LogP contribution is 2.49. The van der Waals surface area contributed by atoms with Crippen LogP contribution in [0.3, 0.4) is 0 Å². The molecular formula is C26H31ClF3NO3. The zero-order valence-corrected chi connectivity index (χ0v) is 20.8. The molecule has 0 amide bonds. The zero-order valence-electron chi connectivity index (χ0n) is 20.0. The van der Waals surface area contributed by atoms with Crippen molar-refractivity contribution in [2.75, 3.05) is 40.0 Å². The molecule has 0 saturated carbocycles. The van der Waals surface area contributed by atoms with Crippen LogP contribution in [0.25, 0.3) is 5.57 Å². The molecule has 1 heterocycles. The molecule has 0 spiro atoms. The molecule has 1 unspecified atom stereocenters. The number of methoxy groups -OCH3 is 1. The number of rotatable bonds is 11. The average Bonchev–Trinajstić information content (AvgIpc) is 2.75. The van der Waals surface area contributed by atoms with Crippen LogP contribution < -0.4 is 14.2 Å². The highest BCUT2D eigenvalue weighted by Gasteiger charge is 2.43. The third-order valence-corrected chi connectivity index (χ3v) is 6.43. The zero-order chi connectivity index (χ0) is 25.0. The van der Waals surface area contributed by atoms with Gasteiger partial charge in [0.1, 0.15) is 12.4 Å². The molecule has 0 N–H and O–H groups in total. The summed E-state index contributed by atoms with van der Waals surface area (Å²) in [7, 11) is 1.50. The van der Waals surface area contributed by atoms with Crippen molar-refractivity contribution in [3.63, 3.8) is 0 Å². The Morgan fingerprint density at radius 1 is 1.12 bits per heavy atom. The minimum absolute atomic E-state index is 0.130. The summed E-state index contributed by atoms with van der Waals surface area (Å²) in [5, 5.41) is 0.400. The van der Waals surface area contributed by atoms with Gasteiger partial charge in [0.25, 0.3) is 5.92 Å². The van der Waals surface area contributed by atoms with Gasteiger partial charge in [0.2, 0.25) is 5.75 Å². The molecule has 186 valence electrons. The van der Waals surface area contributed by atoms with E-state index in [4.69, 9.17) is 25.8 Å². The molecule has 0 bridgehead atoms. The van der Waals surface area contributed by atoms with E-state index in [0.29, 0.717) is 47.4 Å². The first-order valence-electron chi connectivity index (χ1n) is 11.2. The Bertz CT molecular complexity index is 1020. The van der Waals surface area contributed by atoms with Crippen LogP contribution >= 0.6 is 11.6 Å². The van der Waals surface area contributed by atoms with Crippen molar-refractivity contribution in [2.45, 2.75) is 39.0 Å². The van der Waals surface area contributed by atoms with E-state index >= 15 is 0 Å². The van der Waals surface area contributed by atoms with Crippen molar-refractivity contribution in [2.24, 2.45) is 0 Å². The van der Waals surface area contributed by atoms with Crippen LogP contribution in [-0.2, 0) is 0 Å². The lowest BCUT2D eigenvalue weighted by molar-refractivity contribution is -0.132. The maximum Gasteiger partial charge on any atom is 0.272 e. The first-order valence-corrected chi connectivity index (χ1v) is 11.6. The van der Waals surface area contributed by atoms with Gasteiger partial charge in [0.05, 0.1) is 31.8 Å². The summed E-state index contributed by atoms with van der Waals surface area (Å²) in [4.78, 5) is 1.63. The Kier molecular flexibility index (Phi) is 8.42. The topological polar surface area (TPSA) is 30.9 Å². The second-order valence-corrected chi connectivity index (χ2v) is 9.17. The molecule has 0 aliphatic carbocycles. The van der Waals surface area contributed by atoms with Crippen molar-refractivity contribution in [3.8, 4) is 17.2 Å². The minimum Gasteiger partial charge on any atom is -0.491 e. The van der Waals surface area contributed by atoms with E-state index in [2.05, 4.69) is 6.58 Å². The molecule has 0 aromatic heterocycles. The van der Waals surface area contributed by atoms with Crippen molar-refractivity contribution in [1.82, 2.24) is 4.90 Å². The lowest BCUT2D eigenvalue weighted by atomic mass is 9.98. The number of halogens is 4. The van der Waals surface area contributed by atoms with Gasteiger partial charge in [0.15, 0.2) is 11.5 Å². The fourth-order valence-electron chi connectivity index (χ4n) is 4.07. The number of likely N-dealkylation sites (tertiary alicyclic amines) is 1. The van der Waals surface area contributed by atoms with Crippen LogP contribution in [0.5, 0.6) is 17.2 Å². The van der Waals surface area contributed by atoms with Gasteiger partial charge in [-0.05, 0) is 55.0 Å². The third kappa shape index (κ3) is 5.99. The summed E-state index contributed by atoms with van der Waals surface area (Å²) in [5.74, 6) is -1.63. The van der Waals surface area contributed by atoms with Gasteiger partial charge in [-0.1, -0.05) is 37.2 Å². The monoisotopic (exact) mass is 497 g/mol. The van der Waals surface area contributed by atoms with Crippen LogP contribution in [0, 0.1) is 12.7 Å². The molecule has 1 aliphatic rings. The lowest BCUT2D eigenvalue weighted by Gasteiger charge is -2.38. The summed E-state index contributed by atoms with van der Waals surface area (Å²) >= 11 is 6.59. The quantitative estimate of drug-likeness (QED) is 0.344. The van der Waals surface area contributed by atoms with Crippen LogP contribution in [0.1, 0.15) is 42.9 Å². The molecule has 1 aliphatic heterocycles. The number of allylic oxidation sites excluding steroid dienone is 1. The van der Waals surface area contributed by atoms with Crippen LogP contribution in [0.15, 0.2) is 30.8 Å². The predicted molar refractivity (Wildman–Crippen MR) is 129 cm³/mol. The van der Waals surface area contributed by atoms with E-state index in [0.717, 1.165) is 16.7 Å². The summed E-state index contributed by atoms with van der Waals surface area (Å²) in [6, 6.07) is 6.40. The third-order valence-electron chi connectivity index (χ3n) is 5.97. The SMILES string of the molecule is C=C(C)c1c(C)c(Cl)c(OC)c(OCCC(C)c2ccc(F)cc2)c1OCCN1CC(F)(F)C1.